The third-order valence-corrected chi connectivity index (χ3v) is 8.53. The second-order valence-electron chi connectivity index (χ2n) is 13.4. The SMILES string of the molecule is CC(C)[C@H](NC(=O)[C@@H](NC(=O)CNC(=O)[C@@H](NC(=O)[C@@H]1CCCN1C(=O)[C@H](Cc1cnc[nH]1)NC(=O)[C@@H](N)CCCN=C(N)N)[C@@H](C)O)[C@@H](C)O)C(=O)O. The minimum atomic E-state index is -1.58. The highest BCUT2D eigenvalue weighted by atomic mass is 16.4. The maximum atomic E-state index is 13.9. The Morgan fingerprint density at radius 1 is 0.944 bits per heavy atom. The molecule has 15 N–H and O–H groups in total. The Hall–Kier alpha value is -5.35. The van der Waals surface area contributed by atoms with Gasteiger partial charge in [-0.1, -0.05) is 13.8 Å². The summed E-state index contributed by atoms with van der Waals surface area (Å²) < 4.78 is 0. The molecule has 8 atom stereocenters. The molecule has 22 heteroatoms. The smallest absolute Gasteiger partial charge is 0.326 e. The summed E-state index contributed by atoms with van der Waals surface area (Å²) in [7, 11) is 0. The van der Waals surface area contributed by atoms with E-state index in [4.69, 9.17) is 17.2 Å². The second kappa shape index (κ2) is 21.4. The third-order valence-electron chi connectivity index (χ3n) is 8.53. The summed E-state index contributed by atoms with van der Waals surface area (Å²) in [5, 5.41) is 41.7. The number of nitrogens with zero attached hydrogens (tertiary/aromatic N) is 3. The van der Waals surface area contributed by atoms with Crippen LogP contribution < -0.4 is 43.8 Å². The van der Waals surface area contributed by atoms with Gasteiger partial charge in [-0.15, -0.1) is 0 Å². The number of hydrogen-bond acceptors (Lipinski definition) is 12. The fourth-order valence-electron chi connectivity index (χ4n) is 5.57. The molecule has 0 aliphatic carbocycles. The predicted octanol–water partition coefficient (Wildman–Crippen LogP) is -5.12. The first kappa shape index (κ1) is 44.8. The monoisotopic (exact) mass is 766 g/mol. The van der Waals surface area contributed by atoms with E-state index in [1.54, 1.807) is 13.8 Å². The number of imidazole rings is 1. The molecular weight excluding hydrogens is 712 g/mol. The molecule has 2 rings (SSSR count). The Kier molecular flexibility index (Phi) is 17.7. The van der Waals surface area contributed by atoms with Crippen LogP contribution in [0.5, 0.6) is 0 Å². The normalized spacial score (nSPS) is 17.9. The van der Waals surface area contributed by atoms with Gasteiger partial charge in [-0.3, -0.25) is 33.8 Å². The van der Waals surface area contributed by atoms with Gasteiger partial charge >= 0.3 is 5.97 Å². The Balaban J connectivity index is 2.09. The minimum absolute atomic E-state index is 0.00759. The van der Waals surface area contributed by atoms with Crippen LogP contribution in [0, 0.1) is 5.92 Å². The molecule has 6 amide bonds. The number of rotatable bonds is 21. The molecule has 0 saturated carbocycles. The Morgan fingerprint density at radius 3 is 2.15 bits per heavy atom. The average molecular weight is 767 g/mol. The van der Waals surface area contributed by atoms with Crippen LogP contribution in [-0.4, -0.2) is 146 Å². The first-order valence-corrected chi connectivity index (χ1v) is 17.5. The van der Waals surface area contributed by atoms with Crippen molar-refractivity contribution >= 4 is 47.4 Å². The number of H-pyrrole nitrogens is 1. The molecule has 1 aromatic rings. The number of aliphatic carboxylic acids is 1. The molecule has 1 aliphatic heterocycles. The van der Waals surface area contributed by atoms with E-state index in [-0.39, 0.29) is 38.3 Å². The molecule has 54 heavy (non-hydrogen) atoms. The zero-order valence-electron chi connectivity index (χ0n) is 30.8. The van der Waals surface area contributed by atoms with Crippen LogP contribution >= 0.6 is 0 Å². The maximum absolute atomic E-state index is 13.9. The number of nitrogens with one attached hydrogen (secondary N) is 6. The third kappa shape index (κ3) is 13.9. The summed E-state index contributed by atoms with van der Waals surface area (Å²) in [4.78, 5) is 102. The molecule has 1 aliphatic rings. The van der Waals surface area contributed by atoms with E-state index in [9.17, 15) is 48.9 Å². The van der Waals surface area contributed by atoms with Crippen molar-refractivity contribution in [1.29, 1.82) is 0 Å². The number of carbonyl (C=O) groups excluding carboxylic acids is 6. The van der Waals surface area contributed by atoms with Crippen LogP contribution in [-0.2, 0) is 40.0 Å². The van der Waals surface area contributed by atoms with Crippen molar-refractivity contribution in [2.75, 3.05) is 19.6 Å². The highest BCUT2D eigenvalue weighted by Gasteiger charge is 2.40. The fourth-order valence-corrected chi connectivity index (χ4v) is 5.57. The molecule has 1 fully saturated rings. The van der Waals surface area contributed by atoms with E-state index < -0.39 is 102 Å². The first-order chi connectivity index (χ1) is 25.3. The van der Waals surface area contributed by atoms with Crippen molar-refractivity contribution in [2.24, 2.45) is 28.1 Å². The largest absolute Gasteiger partial charge is 0.480 e. The number of carboxylic acid groups (broad SMARTS) is 1. The highest BCUT2D eigenvalue weighted by Crippen LogP contribution is 2.20. The number of aliphatic hydroxyl groups excluding tert-OH is 2. The van der Waals surface area contributed by atoms with Gasteiger partial charge in [0, 0.05) is 31.4 Å². The Morgan fingerprint density at radius 2 is 1.59 bits per heavy atom. The van der Waals surface area contributed by atoms with Gasteiger partial charge in [-0.05, 0) is 45.4 Å². The van der Waals surface area contributed by atoms with Gasteiger partial charge in [0.1, 0.15) is 30.2 Å². The van der Waals surface area contributed by atoms with Gasteiger partial charge in [0.15, 0.2) is 5.96 Å². The lowest BCUT2D eigenvalue weighted by Gasteiger charge is -2.30. The van der Waals surface area contributed by atoms with Crippen LogP contribution in [0.1, 0.15) is 59.1 Å². The summed E-state index contributed by atoms with van der Waals surface area (Å²) in [6.45, 7) is 5.18. The zero-order chi connectivity index (χ0) is 40.7. The minimum Gasteiger partial charge on any atom is -0.480 e. The molecule has 0 bridgehead atoms. The quantitative estimate of drug-likeness (QED) is 0.0316. The Labute approximate surface area is 311 Å². The number of nitrogens with two attached hydrogens (primary N) is 3. The summed E-state index contributed by atoms with van der Waals surface area (Å²) in [5.74, 6) is -6.81. The highest BCUT2D eigenvalue weighted by molar-refractivity contribution is 5.96. The number of carbonyl (C=O) groups is 7. The summed E-state index contributed by atoms with van der Waals surface area (Å²) >= 11 is 0. The van der Waals surface area contributed by atoms with Crippen molar-refractivity contribution in [3.63, 3.8) is 0 Å². The van der Waals surface area contributed by atoms with E-state index in [1.165, 1.54) is 31.3 Å². The molecule has 0 spiro atoms. The topological polar surface area (TPSA) is 363 Å². The standard InChI is InChI=1S/C32H54N12O10/c1-15(2)23(31(53)54)42-29(51)25(17(4)46)41-22(47)13-38-28(50)24(16(3)45)43-27(49)21-8-6-10-44(21)30(52)20(11-18-12-36-14-39-18)40-26(48)19(33)7-5-9-37-32(34)35/h12,14-17,19-21,23-25,45-46H,5-11,13,33H2,1-4H3,(H,36,39)(H,38,50)(H,40,48)(H,41,47)(H,42,51)(H,43,49)(H,53,54)(H4,34,35,37)/t16-,17-,19+,20+,21+,23+,24+,25+/m1/s1. The number of likely N-dealkylation sites (tertiary alicyclic amines) is 1. The van der Waals surface area contributed by atoms with Crippen LogP contribution in [0.4, 0.5) is 0 Å². The van der Waals surface area contributed by atoms with Gasteiger partial charge in [-0.25, -0.2) is 9.78 Å². The van der Waals surface area contributed by atoms with Gasteiger partial charge in [0.05, 0.1) is 31.1 Å². The second-order valence-corrected chi connectivity index (χ2v) is 13.4. The van der Waals surface area contributed by atoms with Gasteiger partial charge in [-0.2, -0.15) is 0 Å². The molecule has 22 nitrogen and oxygen atoms in total. The number of guanidine groups is 1. The zero-order valence-corrected chi connectivity index (χ0v) is 30.8. The molecule has 1 saturated heterocycles. The van der Waals surface area contributed by atoms with Crippen molar-refractivity contribution in [3.8, 4) is 0 Å². The molecule has 302 valence electrons. The number of hydrogen-bond donors (Lipinski definition) is 12. The van der Waals surface area contributed by atoms with Gasteiger partial charge < -0.3 is 69.0 Å². The van der Waals surface area contributed by atoms with Crippen molar-refractivity contribution in [3.05, 3.63) is 18.2 Å². The lowest BCUT2D eigenvalue weighted by atomic mass is 10.0. The number of aliphatic hydroxyl groups is 2. The molecular formula is C32H54N12O10. The lowest BCUT2D eigenvalue weighted by Crippen LogP contribution is -2.60. The van der Waals surface area contributed by atoms with Crippen molar-refractivity contribution in [1.82, 2.24) is 41.5 Å². The Bertz CT molecular complexity index is 1480. The van der Waals surface area contributed by atoms with E-state index in [2.05, 4.69) is 41.5 Å². The number of aliphatic imine (C=N–C) groups is 1. The molecule has 1 aromatic heterocycles. The number of aromatic amines is 1. The summed E-state index contributed by atoms with van der Waals surface area (Å²) in [5.41, 5.74) is 17.2. The molecule has 0 unspecified atom stereocenters. The van der Waals surface area contributed by atoms with E-state index in [0.29, 0.717) is 18.5 Å². The first-order valence-electron chi connectivity index (χ1n) is 17.5. The number of amides is 6. The average Bonchev–Trinajstić information content (AvgIpc) is 3.80. The van der Waals surface area contributed by atoms with Crippen LogP contribution in [0.3, 0.4) is 0 Å². The molecule has 0 aromatic carbocycles. The summed E-state index contributed by atoms with van der Waals surface area (Å²) in [6, 6.07) is -7.69. The van der Waals surface area contributed by atoms with Crippen molar-refractivity contribution in [2.45, 2.75) is 108 Å². The van der Waals surface area contributed by atoms with Crippen LogP contribution in [0.25, 0.3) is 0 Å². The number of aromatic nitrogens is 2. The van der Waals surface area contributed by atoms with Gasteiger partial charge in [0.25, 0.3) is 0 Å². The van der Waals surface area contributed by atoms with Crippen LogP contribution in [0.15, 0.2) is 17.5 Å². The molecule has 0 radical (unpaired) electrons. The van der Waals surface area contributed by atoms with Gasteiger partial charge in [0.2, 0.25) is 35.4 Å². The maximum Gasteiger partial charge on any atom is 0.326 e. The lowest BCUT2D eigenvalue weighted by molar-refractivity contribution is -0.144. The van der Waals surface area contributed by atoms with Crippen LogP contribution in [0.2, 0.25) is 0 Å². The van der Waals surface area contributed by atoms with E-state index >= 15 is 0 Å². The molecule has 2 heterocycles. The number of carboxylic acids is 1. The predicted molar refractivity (Wildman–Crippen MR) is 191 cm³/mol. The van der Waals surface area contributed by atoms with Crippen molar-refractivity contribution < 1.29 is 48.9 Å². The van der Waals surface area contributed by atoms with E-state index in [0.717, 1.165) is 0 Å². The fraction of sp³-hybridized carbons (Fsp3) is 0.656. The van der Waals surface area contributed by atoms with E-state index in [1.807, 2.05) is 0 Å². The summed E-state index contributed by atoms with van der Waals surface area (Å²) in [6.07, 6.45) is 1.18.